The first-order chi connectivity index (χ1) is 13.6. The van der Waals surface area contributed by atoms with Gasteiger partial charge in [-0.2, -0.15) is 13.2 Å². The summed E-state index contributed by atoms with van der Waals surface area (Å²) in [5.41, 5.74) is -1.14. The highest BCUT2D eigenvalue weighted by Crippen LogP contribution is 2.32. The summed E-state index contributed by atoms with van der Waals surface area (Å²) in [7, 11) is 0. The summed E-state index contributed by atoms with van der Waals surface area (Å²) in [6.07, 6.45) is -3.71. The molecule has 0 aliphatic carbocycles. The standard InChI is InChI=1S/C18H10Cl2F3N3O3/c19-10-5-11(20)7-12(6-10)24-8-14-15(27)25-17(29)26(16(14)28)13-3-1-2-9(4-13)18(21,22)23/h1-8,14H,(H,25,27,29)/t14-/m1/s1. The molecule has 0 aromatic heterocycles. The molecule has 6 nitrogen and oxygen atoms in total. The van der Waals surface area contributed by atoms with E-state index in [0.717, 1.165) is 24.4 Å². The lowest BCUT2D eigenvalue weighted by Gasteiger charge is -2.28. The number of benzene rings is 2. The topological polar surface area (TPSA) is 78.8 Å². The second-order valence-corrected chi connectivity index (χ2v) is 6.77. The number of halogens is 5. The van der Waals surface area contributed by atoms with Crippen molar-refractivity contribution in [3.8, 4) is 0 Å². The lowest BCUT2D eigenvalue weighted by atomic mass is 10.1. The number of rotatable bonds is 3. The highest BCUT2D eigenvalue weighted by molar-refractivity contribution is 6.35. The Morgan fingerprint density at radius 2 is 1.69 bits per heavy atom. The van der Waals surface area contributed by atoms with Crippen LogP contribution in [-0.4, -0.2) is 24.1 Å². The molecule has 3 rings (SSSR count). The maximum Gasteiger partial charge on any atom is 0.416 e. The molecule has 11 heteroatoms. The number of anilines is 1. The van der Waals surface area contributed by atoms with Gasteiger partial charge in [0.2, 0.25) is 5.91 Å². The lowest BCUT2D eigenvalue weighted by Crippen LogP contribution is -2.58. The van der Waals surface area contributed by atoms with Crippen molar-refractivity contribution in [2.75, 3.05) is 4.90 Å². The van der Waals surface area contributed by atoms with Gasteiger partial charge in [-0.1, -0.05) is 29.3 Å². The van der Waals surface area contributed by atoms with E-state index in [1.807, 2.05) is 5.32 Å². The van der Waals surface area contributed by atoms with Crippen molar-refractivity contribution < 1.29 is 27.6 Å². The molecule has 0 unspecified atom stereocenters. The van der Waals surface area contributed by atoms with Gasteiger partial charge in [0.1, 0.15) is 0 Å². The molecule has 1 aliphatic rings. The molecule has 0 spiro atoms. The molecule has 1 fully saturated rings. The van der Waals surface area contributed by atoms with Gasteiger partial charge in [-0.25, -0.2) is 9.69 Å². The van der Waals surface area contributed by atoms with E-state index in [4.69, 9.17) is 23.2 Å². The summed E-state index contributed by atoms with van der Waals surface area (Å²) in [6, 6.07) is 6.76. The van der Waals surface area contributed by atoms with Crippen LogP contribution in [0.3, 0.4) is 0 Å². The molecule has 1 atom stereocenters. The van der Waals surface area contributed by atoms with Crippen LogP contribution in [0, 0.1) is 5.92 Å². The quantitative estimate of drug-likeness (QED) is 0.555. The Kier molecular flexibility index (Phi) is 5.63. The maximum atomic E-state index is 12.9. The minimum Gasteiger partial charge on any atom is -0.276 e. The Hall–Kier alpha value is -2.91. The molecule has 2 aromatic carbocycles. The van der Waals surface area contributed by atoms with Gasteiger partial charge in [0.05, 0.1) is 16.9 Å². The molecular weight excluding hydrogens is 434 g/mol. The van der Waals surface area contributed by atoms with Gasteiger partial charge >= 0.3 is 12.2 Å². The Balaban J connectivity index is 1.93. The van der Waals surface area contributed by atoms with Gasteiger partial charge in [-0.05, 0) is 36.4 Å². The van der Waals surface area contributed by atoms with E-state index >= 15 is 0 Å². The van der Waals surface area contributed by atoms with Crippen LogP contribution in [-0.2, 0) is 15.8 Å². The predicted molar refractivity (Wildman–Crippen MR) is 101 cm³/mol. The molecule has 29 heavy (non-hydrogen) atoms. The van der Waals surface area contributed by atoms with Gasteiger partial charge in [-0.3, -0.25) is 19.9 Å². The Morgan fingerprint density at radius 3 is 2.31 bits per heavy atom. The van der Waals surface area contributed by atoms with Crippen LogP contribution in [0.4, 0.5) is 29.3 Å². The summed E-state index contributed by atoms with van der Waals surface area (Å²) in [5.74, 6) is -3.55. The predicted octanol–water partition coefficient (Wildman–Crippen LogP) is 4.61. The highest BCUT2D eigenvalue weighted by Gasteiger charge is 2.41. The third-order valence-corrected chi connectivity index (χ3v) is 4.29. The second-order valence-electron chi connectivity index (χ2n) is 5.90. The summed E-state index contributed by atoms with van der Waals surface area (Å²) in [5, 5.41) is 2.46. The number of alkyl halides is 3. The first-order valence-electron chi connectivity index (χ1n) is 7.92. The molecule has 0 bridgehead atoms. The van der Waals surface area contributed by atoms with E-state index in [2.05, 4.69) is 4.99 Å². The highest BCUT2D eigenvalue weighted by atomic mass is 35.5. The van der Waals surface area contributed by atoms with Gasteiger partial charge < -0.3 is 0 Å². The van der Waals surface area contributed by atoms with Crippen molar-refractivity contribution in [2.24, 2.45) is 10.9 Å². The maximum absolute atomic E-state index is 12.9. The van der Waals surface area contributed by atoms with Crippen LogP contribution in [0.5, 0.6) is 0 Å². The van der Waals surface area contributed by atoms with E-state index in [1.165, 1.54) is 18.2 Å². The fraction of sp³-hybridized carbons (Fsp3) is 0.111. The van der Waals surface area contributed by atoms with Gasteiger partial charge in [-0.15, -0.1) is 0 Å². The summed E-state index contributed by atoms with van der Waals surface area (Å²) < 4.78 is 38.8. The molecule has 4 amide bonds. The van der Waals surface area contributed by atoms with Crippen molar-refractivity contribution in [2.45, 2.75) is 6.18 Å². The number of imide groups is 2. The van der Waals surface area contributed by atoms with Gasteiger partial charge in [0.25, 0.3) is 5.91 Å². The van der Waals surface area contributed by atoms with E-state index in [1.54, 1.807) is 0 Å². The van der Waals surface area contributed by atoms with Crippen molar-refractivity contribution >= 4 is 58.6 Å². The molecular formula is C18H10Cl2F3N3O3. The average Bonchev–Trinajstić information content (AvgIpc) is 2.60. The van der Waals surface area contributed by atoms with Crippen LogP contribution in [0.1, 0.15) is 5.56 Å². The Bertz CT molecular complexity index is 1020. The molecule has 1 saturated heterocycles. The number of hydrogen-bond donors (Lipinski definition) is 1. The van der Waals surface area contributed by atoms with Crippen LogP contribution in [0.15, 0.2) is 47.5 Å². The number of aliphatic imine (C=N–C) groups is 1. The van der Waals surface area contributed by atoms with Crippen LogP contribution in [0.25, 0.3) is 0 Å². The number of nitrogens with zero attached hydrogens (tertiary/aromatic N) is 2. The number of barbiturate groups is 1. The lowest BCUT2D eigenvalue weighted by molar-refractivity contribution is -0.138. The zero-order chi connectivity index (χ0) is 21.3. The zero-order valence-corrected chi connectivity index (χ0v) is 15.7. The minimum absolute atomic E-state index is 0.241. The number of hydrogen-bond acceptors (Lipinski definition) is 4. The summed E-state index contributed by atoms with van der Waals surface area (Å²) in [6.45, 7) is 0. The Labute approximate surface area is 171 Å². The summed E-state index contributed by atoms with van der Waals surface area (Å²) in [4.78, 5) is 41.3. The van der Waals surface area contributed by atoms with E-state index in [9.17, 15) is 27.6 Å². The monoisotopic (exact) mass is 443 g/mol. The molecule has 2 aromatic rings. The van der Waals surface area contributed by atoms with Crippen molar-refractivity contribution in [3.05, 3.63) is 58.1 Å². The average molecular weight is 444 g/mol. The first kappa shape index (κ1) is 20.8. The number of amides is 4. The van der Waals surface area contributed by atoms with E-state index < -0.39 is 35.5 Å². The third-order valence-electron chi connectivity index (χ3n) is 3.85. The smallest absolute Gasteiger partial charge is 0.276 e. The number of carbonyl (C=O) groups is 3. The van der Waals surface area contributed by atoms with Gasteiger partial charge in [0.15, 0.2) is 5.92 Å². The third kappa shape index (κ3) is 4.57. The van der Waals surface area contributed by atoms with E-state index in [-0.39, 0.29) is 21.4 Å². The SMILES string of the molecule is O=C1NC(=O)N(c2cccc(C(F)(F)F)c2)C(=O)[C@@H]1C=Nc1cc(Cl)cc(Cl)c1. The van der Waals surface area contributed by atoms with Crippen LogP contribution < -0.4 is 10.2 Å². The van der Waals surface area contributed by atoms with Crippen LogP contribution in [0.2, 0.25) is 10.0 Å². The van der Waals surface area contributed by atoms with Gasteiger partial charge in [0, 0.05) is 16.3 Å². The number of carbonyl (C=O) groups excluding carboxylic acids is 3. The summed E-state index contributed by atoms with van der Waals surface area (Å²) >= 11 is 11.7. The largest absolute Gasteiger partial charge is 0.416 e. The van der Waals surface area contributed by atoms with Crippen molar-refractivity contribution in [1.82, 2.24) is 5.32 Å². The molecule has 0 radical (unpaired) electrons. The Morgan fingerprint density at radius 1 is 1.03 bits per heavy atom. The first-order valence-corrected chi connectivity index (χ1v) is 8.68. The van der Waals surface area contributed by atoms with Crippen LogP contribution >= 0.6 is 23.2 Å². The number of nitrogens with one attached hydrogen (secondary N) is 1. The molecule has 1 heterocycles. The minimum atomic E-state index is -4.67. The fourth-order valence-corrected chi connectivity index (χ4v) is 3.08. The molecule has 150 valence electrons. The molecule has 0 saturated carbocycles. The number of urea groups is 1. The van der Waals surface area contributed by atoms with Crippen molar-refractivity contribution in [3.63, 3.8) is 0 Å². The van der Waals surface area contributed by atoms with E-state index in [0.29, 0.717) is 11.0 Å². The normalized spacial score (nSPS) is 17.8. The fourth-order valence-electron chi connectivity index (χ4n) is 2.56. The zero-order valence-electron chi connectivity index (χ0n) is 14.2. The second kappa shape index (κ2) is 7.84. The molecule has 1 N–H and O–H groups in total. The molecule has 1 aliphatic heterocycles. The van der Waals surface area contributed by atoms with Crippen molar-refractivity contribution in [1.29, 1.82) is 0 Å².